The summed E-state index contributed by atoms with van der Waals surface area (Å²) in [5.41, 5.74) is 0.359. The Kier molecular flexibility index (Phi) is 1.18. The van der Waals surface area contributed by atoms with E-state index in [1.54, 1.807) is 24.3 Å². The van der Waals surface area contributed by atoms with E-state index in [4.69, 9.17) is 0 Å². The molecule has 2 rings (SSSR count). The maximum atomic E-state index is 10.9. The summed E-state index contributed by atoms with van der Waals surface area (Å²) < 4.78 is 4.63. The molecule has 4 heteroatoms. The molecule has 0 fully saturated rings. The summed E-state index contributed by atoms with van der Waals surface area (Å²) in [6.45, 7) is 0. The van der Waals surface area contributed by atoms with Gasteiger partial charge in [0, 0.05) is 6.07 Å². The van der Waals surface area contributed by atoms with Crippen LogP contribution in [-0.2, 0) is 0 Å². The normalized spacial score (nSPS) is 21.2. The number of ether oxygens (including phenoxy) is 1. The Bertz CT molecular complexity index is 310. The van der Waals surface area contributed by atoms with Crippen LogP contribution >= 0.6 is 0 Å². The third-order valence-corrected chi connectivity index (χ3v) is 1.52. The van der Waals surface area contributed by atoms with E-state index in [9.17, 15) is 10.0 Å². The highest BCUT2D eigenvalue weighted by atomic mass is 16.6. The molecule has 0 aromatic heterocycles. The maximum Gasteiger partial charge on any atom is 0.525 e. The first-order valence-corrected chi connectivity index (χ1v) is 3.14. The first-order chi connectivity index (χ1) is 5.29. The van der Waals surface area contributed by atoms with Crippen LogP contribution in [0.25, 0.3) is 0 Å². The Morgan fingerprint density at radius 3 is 2.82 bits per heavy atom. The highest BCUT2D eigenvalue weighted by molar-refractivity contribution is 5.73. The van der Waals surface area contributed by atoms with Crippen molar-refractivity contribution in [3.05, 3.63) is 29.5 Å². The number of benzene rings is 1. The second-order valence-electron chi connectivity index (χ2n) is 2.21. The van der Waals surface area contributed by atoms with Gasteiger partial charge in [-0.05, 0) is 6.07 Å². The highest BCUT2D eigenvalue weighted by Crippen LogP contribution is 2.23. The van der Waals surface area contributed by atoms with Gasteiger partial charge in [-0.25, -0.2) is 5.06 Å². The first-order valence-electron chi connectivity index (χ1n) is 3.14. The summed E-state index contributed by atoms with van der Waals surface area (Å²) >= 11 is 0. The number of carbonyl (C=O) groups excluding carboxylic acids is 1. The molecule has 1 unspecified atom stereocenters. The molecule has 0 spiro atoms. The van der Waals surface area contributed by atoms with Gasteiger partial charge in [-0.2, -0.15) is 4.79 Å². The van der Waals surface area contributed by atoms with E-state index in [0.29, 0.717) is 11.4 Å². The largest absolute Gasteiger partial charge is 0.618 e. The van der Waals surface area contributed by atoms with Gasteiger partial charge in [0.25, 0.3) is 0 Å². The molecular formula is C7H5NO3. The third kappa shape index (κ3) is 0.806. The Morgan fingerprint density at radius 2 is 2.09 bits per heavy atom. The summed E-state index contributed by atoms with van der Waals surface area (Å²) in [4.78, 5) is 10.7. The van der Waals surface area contributed by atoms with Crippen LogP contribution in [0.3, 0.4) is 0 Å². The van der Waals surface area contributed by atoms with E-state index >= 15 is 0 Å². The second-order valence-corrected chi connectivity index (χ2v) is 2.21. The number of rotatable bonds is 0. The first kappa shape index (κ1) is 6.33. The van der Waals surface area contributed by atoms with E-state index in [1.807, 2.05) is 0 Å². The van der Waals surface area contributed by atoms with Crippen LogP contribution in [0.1, 0.15) is 0 Å². The minimum atomic E-state index is -0.786. The standard InChI is InChI=1S/C7H5NO3/c9-7-8(10)5-3-1-2-4-6(5)11-7/h1-4,8H. The van der Waals surface area contributed by atoms with Crippen LogP contribution in [0.2, 0.25) is 0 Å². The molecule has 1 aliphatic rings. The fraction of sp³-hybridized carbons (Fsp3) is 0. The van der Waals surface area contributed by atoms with Crippen LogP contribution in [0, 0.1) is 5.21 Å². The highest BCUT2D eigenvalue weighted by Gasteiger charge is 2.29. The van der Waals surface area contributed by atoms with Gasteiger partial charge in [-0.15, -0.1) is 0 Å². The Balaban J connectivity index is 2.55. The van der Waals surface area contributed by atoms with Crippen molar-refractivity contribution in [2.24, 2.45) is 0 Å². The van der Waals surface area contributed by atoms with Gasteiger partial charge in [0.1, 0.15) is 0 Å². The van der Waals surface area contributed by atoms with Gasteiger partial charge in [-0.1, -0.05) is 12.1 Å². The van der Waals surface area contributed by atoms with Gasteiger partial charge in [0.15, 0.2) is 11.4 Å². The van der Waals surface area contributed by atoms with E-state index in [-0.39, 0.29) is 0 Å². The fourth-order valence-corrected chi connectivity index (χ4v) is 0.999. The van der Waals surface area contributed by atoms with Gasteiger partial charge >= 0.3 is 6.09 Å². The number of para-hydroxylation sites is 2. The molecule has 0 saturated heterocycles. The molecule has 4 nitrogen and oxygen atoms in total. The summed E-state index contributed by atoms with van der Waals surface area (Å²) in [6, 6.07) is 6.57. The summed E-state index contributed by atoms with van der Waals surface area (Å²) in [5.74, 6) is 0.363. The number of hydrogen-bond donors (Lipinski definition) is 1. The number of quaternary nitrogens is 1. The van der Waals surface area contributed by atoms with Crippen molar-refractivity contribution in [2.45, 2.75) is 0 Å². The predicted octanol–water partition coefficient (Wildman–Crippen LogP) is 0.213. The van der Waals surface area contributed by atoms with E-state index < -0.39 is 11.2 Å². The number of fused-ring (bicyclic) bond motifs is 1. The van der Waals surface area contributed by atoms with Crippen molar-refractivity contribution in [1.29, 1.82) is 0 Å². The molecule has 1 N–H and O–H groups in total. The monoisotopic (exact) mass is 151 g/mol. The van der Waals surface area contributed by atoms with Crippen LogP contribution in [0.5, 0.6) is 5.75 Å². The Labute approximate surface area is 62.6 Å². The Hall–Kier alpha value is -1.39. The van der Waals surface area contributed by atoms with Crippen molar-refractivity contribution in [3.8, 4) is 5.75 Å². The number of nitrogens with one attached hydrogen (secondary N) is 1. The zero-order chi connectivity index (χ0) is 7.84. The molecule has 0 saturated carbocycles. The molecule has 1 amide bonds. The minimum Gasteiger partial charge on any atom is -0.618 e. The quantitative estimate of drug-likeness (QED) is 0.539. The van der Waals surface area contributed by atoms with Crippen LogP contribution in [-0.4, -0.2) is 6.09 Å². The molecule has 0 radical (unpaired) electrons. The van der Waals surface area contributed by atoms with Gasteiger partial charge < -0.3 is 9.94 Å². The average molecular weight is 151 g/mol. The van der Waals surface area contributed by atoms with E-state index in [0.717, 1.165) is 0 Å². The van der Waals surface area contributed by atoms with Crippen LogP contribution in [0.4, 0.5) is 10.5 Å². The van der Waals surface area contributed by atoms with E-state index in [1.165, 1.54) is 0 Å². The maximum absolute atomic E-state index is 10.9. The molecule has 56 valence electrons. The number of hydrogen-bond acceptors (Lipinski definition) is 3. The summed E-state index contributed by atoms with van der Waals surface area (Å²) in [6.07, 6.45) is -0.786. The molecule has 0 bridgehead atoms. The van der Waals surface area contributed by atoms with Crippen molar-refractivity contribution in [1.82, 2.24) is 0 Å². The number of hydroxylamine groups is 1. The zero-order valence-corrected chi connectivity index (χ0v) is 5.53. The lowest BCUT2D eigenvalue weighted by molar-refractivity contribution is -0.680. The number of amides is 1. The van der Waals surface area contributed by atoms with Gasteiger partial charge in [0.05, 0.1) is 0 Å². The van der Waals surface area contributed by atoms with E-state index in [2.05, 4.69) is 4.74 Å². The topological polar surface area (TPSA) is 53.8 Å². The van der Waals surface area contributed by atoms with Gasteiger partial charge in [-0.3, -0.25) is 0 Å². The molecular weight excluding hydrogens is 146 g/mol. The molecule has 1 heterocycles. The molecule has 1 atom stereocenters. The third-order valence-electron chi connectivity index (χ3n) is 1.52. The smallest absolute Gasteiger partial charge is 0.525 e. The molecule has 1 aliphatic heterocycles. The minimum absolute atomic E-state index is 0.359. The van der Waals surface area contributed by atoms with Crippen molar-refractivity contribution >= 4 is 11.8 Å². The second kappa shape index (κ2) is 2.05. The average Bonchev–Trinajstić information content (AvgIpc) is 2.30. The summed E-state index contributed by atoms with van der Waals surface area (Å²) in [5, 5.41) is 10.4. The number of carbonyl (C=O) groups is 1. The molecule has 1 aromatic carbocycles. The van der Waals surface area contributed by atoms with Crippen molar-refractivity contribution in [2.75, 3.05) is 0 Å². The summed E-state index contributed by atoms with van der Waals surface area (Å²) in [7, 11) is 0. The van der Waals surface area contributed by atoms with Gasteiger partial charge in [0.2, 0.25) is 0 Å². The predicted molar refractivity (Wildman–Crippen MR) is 36.5 cm³/mol. The lowest BCUT2D eigenvalue weighted by Crippen LogP contribution is -3.03. The molecule has 0 aliphatic carbocycles. The zero-order valence-electron chi connectivity index (χ0n) is 5.53. The lowest BCUT2D eigenvalue weighted by Gasteiger charge is -2.06. The molecule has 1 aromatic rings. The van der Waals surface area contributed by atoms with Crippen LogP contribution < -0.4 is 9.80 Å². The fourth-order valence-electron chi connectivity index (χ4n) is 0.999. The Morgan fingerprint density at radius 1 is 1.36 bits per heavy atom. The van der Waals surface area contributed by atoms with Crippen molar-refractivity contribution < 1.29 is 14.6 Å². The van der Waals surface area contributed by atoms with Crippen LogP contribution in [0.15, 0.2) is 24.3 Å². The lowest BCUT2D eigenvalue weighted by atomic mass is 10.3. The van der Waals surface area contributed by atoms with Crippen molar-refractivity contribution in [3.63, 3.8) is 0 Å². The SMILES string of the molecule is O=C1Oc2ccccc2[NH+]1[O-]. The molecule has 11 heavy (non-hydrogen) atoms.